The molecule has 0 atom stereocenters. The number of hydrogen-bond donors (Lipinski definition) is 0. The molecule has 0 spiro atoms. The zero-order valence-electron chi connectivity index (χ0n) is 21.0. The van der Waals surface area contributed by atoms with Crippen molar-refractivity contribution >= 4 is 10.1 Å². The van der Waals surface area contributed by atoms with Gasteiger partial charge in [0.1, 0.15) is 4.90 Å². The third-order valence-corrected chi connectivity index (χ3v) is 7.69. The van der Waals surface area contributed by atoms with Gasteiger partial charge < -0.3 is 9.47 Å². The molecule has 5 nitrogen and oxygen atoms in total. The molecule has 6 heteroatoms. The summed E-state index contributed by atoms with van der Waals surface area (Å²) < 4.78 is 44.6. The smallest absolute Gasteiger partial charge is 0.297 e. The van der Waals surface area contributed by atoms with Crippen LogP contribution in [-0.2, 0) is 29.6 Å². The summed E-state index contributed by atoms with van der Waals surface area (Å²) >= 11 is 0. The van der Waals surface area contributed by atoms with Gasteiger partial charge in [-0.05, 0) is 41.4 Å². The van der Waals surface area contributed by atoms with E-state index in [0.717, 1.165) is 27.8 Å². The van der Waals surface area contributed by atoms with Crippen LogP contribution in [0.5, 0.6) is 0 Å². The van der Waals surface area contributed by atoms with Crippen molar-refractivity contribution < 1.29 is 22.1 Å². The predicted molar refractivity (Wildman–Crippen MR) is 131 cm³/mol. The molecule has 2 aromatic rings. The van der Waals surface area contributed by atoms with Crippen molar-refractivity contribution in [3.8, 4) is 0 Å². The van der Waals surface area contributed by atoms with Crippen molar-refractivity contribution in [2.45, 2.75) is 83.3 Å². The molecule has 1 saturated heterocycles. The van der Waals surface area contributed by atoms with Gasteiger partial charge in [0.25, 0.3) is 10.1 Å². The first-order chi connectivity index (χ1) is 15.5. The molecule has 0 bridgehead atoms. The Morgan fingerprint density at radius 3 is 1.85 bits per heavy atom. The highest BCUT2D eigenvalue weighted by molar-refractivity contribution is 7.86. The number of ether oxygens (including phenoxy) is 2. The normalized spacial score (nSPS) is 16.3. The molecular formula is C27H38O5S. The summed E-state index contributed by atoms with van der Waals surface area (Å²) in [7, 11) is -3.97. The van der Waals surface area contributed by atoms with Gasteiger partial charge in [0, 0.05) is 12.0 Å². The summed E-state index contributed by atoms with van der Waals surface area (Å²) in [5.41, 5.74) is 4.78. The van der Waals surface area contributed by atoms with Crippen LogP contribution in [0.2, 0.25) is 0 Å². The molecule has 0 unspecified atom stereocenters. The van der Waals surface area contributed by atoms with Crippen molar-refractivity contribution in [1.29, 1.82) is 0 Å². The van der Waals surface area contributed by atoms with Crippen molar-refractivity contribution in [2.24, 2.45) is 0 Å². The Morgan fingerprint density at radius 1 is 0.879 bits per heavy atom. The van der Waals surface area contributed by atoms with Crippen LogP contribution in [0.15, 0.2) is 41.3 Å². The van der Waals surface area contributed by atoms with E-state index in [0.29, 0.717) is 24.0 Å². The molecule has 1 aliphatic heterocycles. The first kappa shape index (κ1) is 25.9. The fourth-order valence-electron chi connectivity index (χ4n) is 4.24. The molecule has 0 aromatic heterocycles. The maximum absolute atomic E-state index is 13.5. The summed E-state index contributed by atoms with van der Waals surface area (Å²) in [6.07, 6.45) is 0.285. The van der Waals surface area contributed by atoms with Crippen LogP contribution in [0.3, 0.4) is 0 Å². The summed E-state index contributed by atoms with van der Waals surface area (Å²) in [6.45, 7) is 15.3. The van der Waals surface area contributed by atoms with E-state index in [1.807, 2.05) is 71.0 Å². The molecule has 1 heterocycles. The lowest BCUT2D eigenvalue weighted by atomic mass is 9.89. The zero-order valence-corrected chi connectivity index (χ0v) is 21.8. The number of rotatable bonds is 9. The second-order valence-electron chi connectivity index (χ2n) is 9.83. The Morgan fingerprint density at radius 2 is 1.39 bits per heavy atom. The van der Waals surface area contributed by atoms with Gasteiger partial charge in [-0.15, -0.1) is 0 Å². The quantitative estimate of drug-likeness (QED) is 0.396. The molecular weight excluding hydrogens is 436 g/mol. The van der Waals surface area contributed by atoms with Gasteiger partial charge in [0.2, 0.25) is 0 Å². The summed E-state index contributed by atoms with van der Waals surface area (Å²) in [5, 5.41) is 0. The fourth-order valence-corrected chi connectivity index (χ4v) is 5.83. The van der Waals surface area contributed by atoms with Crippen LogP contribution >= 0.6 is 0 Å². The Bertz CT molecular complexity index is 1020. The molecule has 1 fully saturated rings. The lowest BCUT2D eigenvalue weighted by Crippen LogP contribution is -2.29. The average Bonchev–Trinajstić information content (AvgIpc) is 3.22. The van der Waals surface area contributed by atoms with Crippen molar-refractivity contribution in [2.75, 3.05) is 19.8 Å². The van der Waals surface area contributed by atoms with Crippen LogP contribution in [-0.4, -0.2) is 28.2 Å². The predicted octanol–water partition coefficient (Wildman–Crippen LogP) is 6.36. The first-order valence-corrected chi connectivity index (χ1v) is 13.3. The average molecular weight is 475 g/mol. The zero-order chi connectivity index (χ0) is 24.4. The van der Waals surface area contributed by atoms with Gasteiger partial charge in [-0.2, -0.15) is 8.42 Å². The minimum absolute atomic E-state index is 0.0305. The summed E-state index contributed by atoms with van der Waals surface area (Å²) in [6, 6.07) is 12.0. The van der Waals surface area contributed by atoms with Gasteiger partial charge >= 0.3 is 0 Å². The lowest BCUT2D eigenvalue weighted by Gasteiger charge is -2.28. The van der Waals surface area contributed by atoms with E-state index in [2.05, 4.69) is 13.8 Å². The maximum Gasteiger partial charge on any atom is 0.297 e. The van der Waals surface area contributed by atoms with E-state index < -0.39 is 15.9 Å². The van der Waals surface area contributed by atoms with Crippen molar-refractivity contribution in [3.05, 3.63) is 64.2 Å². The largest absolute Gasteiger partial charge is 0.343 e. The van der Waals surface area contributed by atoms with Gasteiger partial charge in [0.05, 0.1) is 19.8 Å². The van der Waals surface area contributed by atoms with Crippen LogP contribution in [0.25, 0.3) is 0 Å². The molecule has 182 valence electrons. The SMILES string of the molecule is Cc1ccc(C2(CCOS(=O)(=O)c3c(C(C)C)cc(C(C)C)cc3C(C)C)OCCO2)cc1. The number of benzene rings is 2. The highest BCUT2D eigenvalue weighted by Gasteiger charge is 2.39. The Labute approximate surface area is 199 Å². The highest BCUT2D eigenvalue weighted by Crippen LogP contribution is 2.38. The van der Waals surface area contributed by atoms with Crippen LogP contribution in [0.1, 0.15) is 93.5 Å². The Kier molecular flexibility index (Phi) is 8.05. The molecule has 0 saturated carbocycles. The van der Waals surface area contributed by atoms with E-state index in [1.54, 1.807) is 0 Å². The van der Waals surface area contributed by atoms with Gasteiger partial charge in [0.15, 0.2) is 5.79 Å². The minimum atomic E-state index is -3.97. The van der Waals surface area contributed by atoms with E-state index in [4.69, 9.17) is 13.7 Å². The maximum atomic E-state index is 13.5. The first-order valence-electron chi connectivity index (χ1n) is 11.9. The van der Waals surface area contributed by atoms with Crippen LogP contribution in [0.4, 0.5) is 0 Å². The summed E-state index contributed by atoms with van der Waals surface area (Å²) in [5.74, 6) is -0.569. The molecule has 2 aromatic carbocycles. The molecule has 0 radical (unpaired) electrons. The topological polar surface area (TPSA) is 61.8 Å². The molecule has 0 N–H and O–H groups in total. The van der Waals surface area contributed by atoms with E-state index in [1.165, 1.54) is 0 Å². The monoisotopic (exact) mass is 474 g/mol. The summed E-state index contributed by atoms with van der Waals surface area (Å²) in [4.78, 5) is 0.314. The van der Waals surface area contributed by atoms with Gasteiger partial charge in [-0.3, -0.25) is 4.18 Å². The molecule has 0 aliphatic carbocycles. The van der Waals surface area contributed by atoms with Crippen molar-refractivity contribution in [1.82, 2.24) is 0 Å². The Hall–Kier alpha value is -1.73. The fraction of sp³-hybridized carbons (Fsp3) is 0.556. The van der Waals surface area contributed by atoms with E-state index in [-0.39, 0.29) is 24.9 Å². The molecule has 33 heavy (non-hydrogen) atoms. The third kappa shape index (κ3) is 5.68. The van der Waals surface area contributed by atoms with Crippen LogP contribution in [0, 0.1) is 6.92 Å². The Balaban J connectivity index is 1.91. The van der Waals surface area contributed by atoms with E-state index in [9.17, 15) is 8.42 Å². The second-order valence-corrected chi connectivity index (χ2v) is 11.4. The second kappa shape index (κ2) is 10.3. The lowest BCUT2D eigenvalue weighted by molar-refractivity contribution is -0.174. The van der Waals surface area contributed by atoms with Crippen LogP contribution < -0.4 is 0 Å². The molecule has 0 amide bonds. The highest BCUT2D eigenvalue weighted by atomic mass is 32.2. The van der Waals surface area contributed by atoms with Gasteiger partial charge in [-0.25, -0.2) is 0 Å². The van der Waals surface area contributed by atoms with Gasteiger partial charge in [-0.1, -0.05) is 83.5 Å². The third-order valence-electron chi connectivity index (χ3n) is 6.24. The standard InChI is InChI=1S/C27H38O5S/c1-18(2)22-16-24(19(3)4)26(25(17-22)20(5)6)33(28,29)32-13-12-27(30-14-15-31-27)23-10-8-21(7)9-11-23/h8-11,16-20H,12-15H2,1-7H3. The molecule has 1 aliphatic rings. The van der Waals surface area contributed by atoms with Crippen molar-refractivity contribution in [3.63, 3.8) is 0 Å². The number of hydrogen-bond acceptors (Lipinski definition) is 5. The number of aryl methyl sites for hydroxylation is 1. The molecule has 3 rings (SSSR count). The minimum Gasteiger partial charge on any atom is -0.343 e. The van der Waals surface area contributed by atoms with E-state index >= 15 is 0 Å².